The molecule has 1 aliphatic heterocycles. The van der Waals surface area contributed by atoms with Gasteiger partial charge in [0.2, 0.25) is 5.91 Å². The number of carbonyl (C=O) groups excluding carboxylic acids is 2. The van der Waals surface area contributed by atoms with Crippen LogP contribution in [0.5, 0.6) is 0 Å². The van der Waals surface area contributed by atoms with Gasteiger partial charge < -0.3 is 15.0 Å². The van der Waals surface area contributed by atoms with Gasteiger partial charge in [-0.05, 0) is 29.8 Å². The summed E-state index contributed by atoms with van der Waals surface area (Å²) in [6, 6.07) is 16.9. The SMILES string of the molecule is CC(=O)Nc1ccc(C(=O)N2CCOC(c3ccccc3)C2)cc1. The van der Waals surface area contributed by atoms with E-state index in [1.807, 2.05) is 35.2 Å². The van der Waals surface area contributed by atoms with E-state index in [0.717, 1.165) is 5.56 Å². The van der Waals surface area contributed by atoms with Gasteiger partial charge in [0, 0.05) is 24.7 Å². The summed E-state index contributed by atoms with van der Waals surface area (Å²) in [7, 11) is 0. The van der Waals surface area contributed by atoms with Gasteiger partial charge in [-0.25, -0.2) is 0 Å². The van der Waals surface area contributed by atoms with E-state index in [2.05, 4.69) is 5.32 Å². The summed E-state index contributed by atoms with van der Waals surface area (Å²) >= 11 is 0. The molecule has 1 N–H and O–H groups in total. The molecular weight excluding hydrogens is 304 g/mol. The van der Waals surface area contributed by atoms with E-state index in [-0.39, 0.29) is 17.9 Å². The average molecular weight is 324 g/mol. The minimum absolute atomic E-state index is 0.0198. The number of benzene rings is 2. The molecule has 0 spiro atoms. The summed E-state index contributed by atoms with van der Waals surface area (Å²) in [5.41, 5.74) is 2.37. The third kappa shape index (κ3) is 3.81. The van der Waals surface area contributed by atoms with E-state index in [9.17, 15) is 9.59 Å². The van der Waals surface area contributed by atoms with Crippen molar-refractivity contribution in [3.63, 3.8) is 0 Å². The molecule has 124 valence electrons. The van der Waals surface area contributed by atoms with Crippen LogP contribution in [0.4, 0.5) is 5.69 Å². The first-order valence-corrected chi connectivity index (χ1v) is 7.97. The fraction of sp³-hybridized carbons (Fsp3) is 0.263. The summed E-state index contributed by atoms with van der Waals surface area (Å²) in [6.45, 7) is 3.09. The second kappa shape index (κ2) is 7.27. The molecule has 5 heteroatoms. The zero-order valence-corrected chi connectivity index (χ0v) is 13.6. The van der Waals surface area contributed by atoms with Crippen LogP contribution in [0.3, 0.4) is 0 Å². The van der Waals surface area contributed by atoms with Gasteiger partial charge in [-0.15, -0.1) is 0 Å². The fourth-order valence-electron chi connectivity index (χ4n) is 2.79. The van der Waals surface area contributed by atoms with Gasteiger partial charge in [0.25, 0.3) is 5.91 Å². The van der Waals surface area contributed by atoms with Crippen LogP contribution in [0.15, 0.2) is 54.6 Å². The number of ether oxygens (including phenoxy) is 1. The fourth-order valence-corrected chi connectivity index (χ4v) is 2.79. The lowest BCUT2D eigenvalue weighted by molar-refractivity contribution is -0.114. The van der Waals surface area contributed by atoms with Crippen molar-refractivity contribution in [2.24, 2.45) is 0 Å². The Morgan fingerprint density at radius 2 is 1.79 bits per heavy atom. The monoisotopic (exact) mass is 324 g/mol. The number of rotatable bonds is 3. The number of hydrogen-bond acceptors (Lipinski definition) is 3. The number of nitrogens with zero attached hydrogens (tertiary/aromatic N) is 1. The molecule has 5 nitrogen and oxygen atoms in total. The van der Waals surface area contributed by atoms with Crippen LogP contribution in [0.1, 0.15) is 28.9 Å². The summed E-state index contributed by atoms with van der Waals surface area (Å²) < 4.78 is 5.80. The molecule has 1 atom stereocenters. The van der Waals surface area contributed by atoms with E-state index in [1.54, 1.807) is 24.3 Å². The lowest BCUT2D eigenvalue weighted by atomic mass is 10.1. The molecule has 24 heavy (non-hydrogen) atoms. The highest BCUT2D eigenvalue weighted by Crippen LogP contribution is 2.23. The minimum atomic E-state index is -0.132. The van der Waals surface area contributed by atoms with E-state index in [1.165, 1.54) is 6.92 Å². The van der Waals surface area contributed by atoms with Gasteiger partial charge in [0.05, 0.1) is 13.2 Å². The van der Waals surface area contributed by atoms with Gasteiger partial charge in [0.15, 0.2) is 0 Å². The maximum Gasteiger partial charge on any atom is 0.254 e. The largest absolute Gasteiger partial charge is 0.370 e. The zero-order valence-electron chi connectivity index (χ0n) is 13.6. The Hall–Kier alpha value is -2.66. The second-order valence-corrected chi connectivity index (χ2v) is 5.78. The van der Waals surface area contributed by atoms with Crippen LogP contribution in [0.2, 0.25) is 0 Å². The molecule has 1 unspecified atom stereocenters. The number of carbonyl (C=O) groups is 2. The highest BCUT2D eigenvalue weighted by molar-refractivity contribution is 5.95. The quantitative estimate of drug-likeness (QED) is 0.944. The van der Waals surface area contributed by atoms with Crippen LogP contribution >= 0.6 is 0 Å². The average Bonchev–Trinajstić information content (AvgIpc) is 2.62. The standard InChI is InChI=1S/C19H20N2O3/c1-14(22)20-17-9-7-16(8-10-17)19(23)21-11-12-24-18(13-21)15-5-3-2-4-6-15/h2-10,18H,11-13H2,1H3,(H,20,22). The van der Waals surface area contributed by atoms with Crippen molar-refractivity contribution in [3.8, 4) is 0 Å². The summed E-state index contributed by atoms with van der Waals surface area (Å²) in [5.74, 6) is -0.151. The molecule has 0 bridgehead atoms. The number of morpholine rings is 1. The maximum atomic E-state index is 12.7. The van der Waals surface area contributed by atoms with Gasteiger partial charge in [0.1, 0.15) is 6.10 Å². The number of nitrogens with one attached hydrogen (secondary N) is 1. The Morgan fingerprint density at radius 1 is 1.08 bits per heavy atom. The molecule has 1 aliphatic rings. The topological polar surface area (TPSA) is 58.6 Å². The van der Waals surface area contributed by atoms with Gasteiger partial charge in [-0.3, -0.25) is 9.59 Å². The van der Waals surface area contributed by atoms with E-state index in [0.29, 0.717) is 30.9 Å². The molecule has 1 saturated heterocycles. The third-order valence-corrected chi connectivity index (χ3v) is 3.98. The van der Waals surface area contributed by atoms with Crippen molar-refractivity contribution >= 4 is 17.5 Å². The van der Waals surface area contributed by atoms with Crippen molar-refractivity contribution in [3.05, 3.63) is 65.7 Å². The van der Waals surface area contributed by atoms with Crippen LogP contribution in [-0.2, 0) is 9.53 Å². The highest BCUT2D eigenvalue weighted by atomic mass is 16.5. The van der Waals surface area contributed by atoms with Crippen molar-refractivity contribution < 1.29 is 14.3 Å². The van der Waals surface area contributed by atoms with Crippen molar-refractivity contribution in [1.82, 2.24) is 4.90 Å². The third-order valence-electron chi connectivity index (χ3n) is 3.98. The molecule has 1 fully saturated rings. The first-order valence-electron chi connectivity index (χ1n) is 7.97. The predicted octanol–water partition coefficient (Wildman–Crippen LogP) is 2.86. The molecule has 2 aromatic rings. The number of hydrogen-bond donors (Lipinski definition) is 1. The lowest BCUT2D eigenvalue weighted by Gasteiger charge is -2.33. The first kappa shape index (κ1) is 16.2. The van der Waals surface area contributed by atoms with Gasteiger partial charge >= 0.3 is 0 Å². The number of anilines is 1. The lowest BCUT2D eigenvalue weighted by Crippen LogP contribution is -2.42. The molecular formula is C19H20N2O3. The maximum absolute atomic E-state index is 12.7. The summed E-state index contributed by atoms with van der Waals surface area (Å²) in [6.07, 6.45) is -0.0949. The molecule has 2 amide bonds. The molecule has 2 aromatic carbocycles. The Kier molecular flexibility index (Phi) is 4.91. The Balaban J connectivity index is 1.69. The van der Waals surface area contributed by atoms with Crippen LogP contribution in [0, 0.1) is 0 Å². The van der Waals surface area contributed by atoms with Crippen molar-refractivity contribution in [1.29, 1.82) is 0 Å². The van der Waals surface area contributed by atoms with E-state index >= 15 is 0 Å². The predicted molar refractivity (Wildman–Crippen MR) is 91.8 cm³/mol. The van der Waals surface area contributed by atoms with E-state index in [4.69, 9.17) is 4.74 Å². The number of amides is 2. The van der Waals surface area contributed by atoms with E-state index < -0.39 is 0 Å². The van der Waals surface area contributed by atoms with Gasteiger partial charge in [-0.1, -0.05) is 30.3 Å². The van der Waals surface area contributed by atoms with Crippen LogP contribution < -0.4 is 5.32 Å². The summed E-state index contributed by atoms with van der Waals surface area (Å²) in [4.78, 5) is 25.6. The smallest absolute Gasteiger partial charge is 0.254 e. The molecule has 1 heterocycles. The second-order valence-electron chi connectivity index (χ2n) is 5.78. The van der Waals surface area contributed by atoms with Crippen LogP contribution in [-0.4, -0.2) is 36.4 Å². The normalized spacial score (nSPS) is 17.4. The van der Waals surface area contributed by atoms with Gasteiger partial charge in [-0.2, -0.15) is 0 Å². The minimum Gasteiger partial charge on any atom is -0.370 e. The highest BCUT2D eigenvalue weighted by Gasteiger charge is 2.25. The molecule has 3 rings (SSSR count). The van der Waals surface area contributed by atoms with Crippen molar-refractivity contribution in [2.75, 3.05) is 25.0 Å². The van der Waals surface area contributed by atoms with Crippen molar-refractivity contribution in [2.45, 2.75) is 13.0 Å². The first-order chi connectivity index (χ1) is 11.6. The Bertz CT molecular complexity index is 713. The molecule has 0 saturated carbocycles. The van der Waals surface area contributed by atoms with Crippen LogP contribution in [0.25, 0.3) is 0 Å². The molecule has 0 radical (unpaired) electrons. The zero-order chi connectivity index (χ0) is 16.9. The summed E-state index contributed by atoms with van der Waals surface area (Å²) in [5, 5.41) is 2.70. The Labute approximate surface area is 141 Å². The molecule has 0 aliphatic carbocycles. The Morgan fingerprint density at radius 3 is 2.46 bits per heavy atom. The molecule has 0 aromatic heterocycles.